The van der Waals surface area contributed by atoms with Crippen LogP contribution in [0.5, 0.6) is 0 Å². The summed E-state index contributed by atoms with van der Waals surface area (Å²) < 4.78 is 0. The van der Waals surface area contributed by atoms with Gasteiger partial charge in [0.15, 0.2) is 0 Å². The Hall–Kier alpha value is -0.0800. The Morgan fingerprint density at radius 1 is 1.19 bits per heavy atom. The summed E-state index contributed by atoms with van der Waals surface area (Å²) in [6.45, 7) is 8.87. The van der Waals surface area contributed by atoms with E-state index >= 15 is 0 Å². The summed E-state index contributed by atoms with van der Waals surface area (Å²) in [4.78, 5) is 2.72. The highest BCUT2D eigenvalue weighted by Crippen LogP contribution is 2.35. The van der Waals surface area contributed by atoms with Crippen molar-refractivity contribution in [3.8, 4) is 0 Å². The van der Waals surface area contributed by atoms with E-state index in [4.69, 9.17) is 0 Å². The van der Waals surface area contributed by atoms with Crippen molar-refractivity contribution in [2.75, 3.05) is 19.6 Å². The molecule has 3 rings (SSSR count). The highest BCUT2D eigenvalue weighted by Gasteiger charge is 2.40. The second-order valence-corrected chi connectivity index (χ2v) is 7.01. The summed E-state index contributed by atoms with van der Waals surface area (Å²) in [6, 6.07) is 1.73. The topological polar surface area (TPSA) is 15.3 Å². The summed E-state index contributed by atoms with van der Waals surface area (Å²) in [5.41, 5.74) is 0.601. The average Bonchev–Trinajstić information content (AvgIpc) is 2.83. The predicted molar refractivity (Wildman–Crippen MR) is 67.5 cm³/mol. The minimum Gasteiger partial charge on any atom is -0.311 e. The number of fused-ring (bicyclic) bond motifs is 2. The third kappa shape index (κ3) is 2.14. The molecule has 2 heteroatoms. The van der Waals surface area contributed by atoms with Gasteiger partial charge in [-0.15, -0.1) is 0 Å². The third-order valence-electron chi connectivity index (χ3n) is 5.13. The molecule has 3 aliphatic heterocycles. The summed E-state index contributed by atoms with van der Waals surface area (Å²) in [5.74, 6) is 0.958. The van der Waals surface area contributed by atoms with Crippen molar-refractivity contribution in [3.63, 3.8) is 0 Å². The van der Waals surface area contributed by atoms with Crippen LogP contribution in [0.3, 0.4) is 0 Å². The van der Waals surface area contributed by atoms with Crippen molar-refractivity contribution in [2.45, 2.75) is 58.0 Å². The number of hydrogen-bond donors (Lipinski definition) is 1. The molecule has 1 N–H and O–H groups in total. The van der Waals surface area contributed by atoms with Crippen LogP contribution in [0.25, 0.3) is 0 Å². The van der Waals surface area contributed by atoms with Crippen molar-refractivity contribution < 1.29 is 0 Å². The molecule has 3 atom stereocenters. The molecule has 0 aliphatic carbocycles. The van der Waals surface area contributed by atoms with Crippen LogP contribution in [0.2, 0.25) is 0 Å². The molecule has 0 aromatic carbocycles. The molecule has 3 aliphatic rings. The Morgan fingerprint density at radius 3 is 2.50 bits per heavy atom. The van der Waals surface area contributed by atoms with Crippen LogP contribution in [0.15, 0.2) is 0 Å². The minimum atomic E-state index is 0.601. The van der Waals surface area contributed by atoms with Gasteiger partial charge in [-0.05, 0) is 56.5 Å². The molecule has 0 spiro atoms. The normalized spacial score (nSPS) is 42.8. The fourth-order valence-electron chi connectivity index (χ4n) is 3.81. The van der Waals surface area contributed by atoms with Crippen LogP contribution in [0, 0.1) is 11.3 Å². The Balaban J connectivity index is 1.49. The number of nitrogens with zero attached hydrogens (tertiary/aromatic N) is 1. The van der Waals surface area contributed by atoms with Crippen molar-refractivity contribution in [3.05, 3.63) is 0 Å². The van der Waals surface area contributed by atoms with Gasteiger partial charge in [0.2, 0.25) is 0 Å². The van der Waals surface area contributed by atoms with E-state index in [1.54, 1.807) is 0 Å². The summed E-state index contributed by atoms with van der Waals surface area (Å²) in [7, 11) is 0. The van der Waals surface area contributed by atoms with Gasteiger partial charge in [0.05, 0.1) is 0 Å². The van der Waals surface area contributed by atoms with Gasteiger partial charge in [0.25, 0.3) is 0 Å². The molecule has 2 nitrogen and oxygen atoms in total. The first kappa shape index (κ1) is 11.0. The Kier molecular flexibility index (Phi) is 2.75. The lowest BCUT2D eigenvalue weighted by Crippen LogP contribution is -2.42. The number of rotatable bonds is 2. The standard InChI is InChI=1S/C14H26N2/c1-14(2)5-7-16(8-6-14)10-11-9-12-3-4-13(11)15-12/h11-13,15H,3-10H2,1-2H3. The zero-order valence-electron chi connectivity index (χ0n) is 10.8. The van der Waals surface area contributed by atoms with E-state index in [9.17, 15) is 0 Å². The number of hydrogen-bond acceptors (Lipinski definition) is 2. The zero-order chi connectivity index (χ0) is 11.2. The minimum absolute atomic E-state index is 0.601. The molecule has 3 unspecified atom stereocenters. The Labute approximate surface area is 99.8 Å². The van der Waals surface area contributed by atoms with E-state index < -0.39 is 0 Å². The highest BCUT2D eigenvalue weighted by molar-refractivity contribution is 4.98. The van der Waals surface area contributed by atoms with E-state index in [0.717, 1.165) is 18.0 Å². The van der Waals surface area contributed by atoms with Crippen LogP contribution in [0.4, 0.5) is 0 Å². The first-order chi connectivity index (χ1) is 7.62. The number of likely N-dealkylation sites (tertiary alicyclic amines) is 1. The van der Waals surface area contributed by atoms with Crippen LogP contribution in [-0.4, -0.2) is 36.6 Å². The fourth-order valence-corrected chi connectivity index (χ4v) is 3.81. The van der Waals surface area contributed by atoms with Crippen molar-refractivity contribution in [2.24, 2.45) is 11.3 Å². The van der Waals surface area contributed by atoms with Gasteiger partial charge >= 0.3 is 0 Å². The first-order valence-electron chi connectivity index (χ1n) is 7.11. The number of nitrogens with one attached hydrogen (secondary N) is 1. The lowest BCUT2D eigenvalue weighted by atomic mass is 9.81. The molecule has 3 saturated heterocycles. The van der Waals surface area contributed by atoms with E-state index in [1.165, 1.54) is 51.7 Å². The highest BCUT2D eigenvalue weighted by atomic mass is 15.2. The molecule has 0 aromatic heterocycles. The number of piperidine rings is 1. The monoisotopic (exact) mass is 222 g/mol. The molecular weight excluding hydrogens is 196 g/mol. The first-order valence-corrected chi connectivity index (χ1v) is 7.11. The largest absolute Gasteiger partial charge is 0.311 e. The van der Waals surface area contributed by atoms with Gasteiger partial charge in [0.1, 0.15) is 0 Å². The molecule has 3 heterocycles. The molecule has 16 heavy (non-hydrogen) atoms. The average molecular weight is 222 g/mol. The maximum absolute atomic E-state index is 3.76. The molecule has 0 aromatic rings. The lowest BCUT2D eigenvalue weighted by molar-refractivity contribution is 0.111. The summed E-state index contributed by atoms with van der Waals surface area (Å²) >= 11 is 0. The van der Waals surface area contributed by atoms with E-state index in [-0.39, 0.29) is 0 Å². The van der Waals surface area contributed by atoms with Crippen LogP contribution in [-0.2, 0) is 0 Å². The van der Waals surface area contributed by atoms with E-state index in [2.05, 4.69) is 24.1 Å². The molecule has 0 saturated carbocycles. The molecule has 0 amide bonds. The summed E-state index contributed by atoms with van der Waals surface area (Å²) in [5, 5.41) is 3.76. The lowest BCUT2D eigenvalue weighted by Gasteiger charge is -2.38. The maximum Gasteiger partial charge on any atom is 0.0111 e. The molecule has 0 radical (unpaired) electrons. The smallest absolute Gasteiger partial charge is 0.0111 e. The van der Waals surface area contributed by atoms with Crippen LogP contribution < -0.4 is 5.32 Å². The van der Waals surface area contributed by atoms with E-state index in [0.29, 0.717) is 5.41 Å². The molecule has 3 fully saturated rings. The van der Waals surface area contributed by atoms with Gasteiger partial charge < -0.3 is 10.2 Å². The van der Waals surface area contributed by atoms with E-state index in [1.807, 2.05) is 0 Å². The van der Waals surface area contributed by atoms with Crippen LogP contribution >= 0.6 is 0 Å². The second-order valence-electron chi connectivity index (χ2n) is 7.01. The molecular formula is C14H26N2. The molecule has 92 valence electrons. The SMILES string of the molecule is CC1(C)CCN(CC2CC3CCC2N3)CC1. The Bertz CT molecular complexity index is 251. The predicted octanol–water partition coefficient (Wildman–Crippen LogP) is 2.25. The van der Waals surface area contributed by atoms with Gasteiger partial charge in [-0.25, -0.2) is 0 Å². The quantitative estimate of drug-likeness (QED) is 0.771. The van der Waals surface area contributed by atoms with Crippen molar-refractivity contribution in [1.82, 2.24) is 10.2 Å². The summed E-state index contributed by atoms with van der Waals surface area (Å²) in [6.07, 6.45) is 7.11. The van der Waals surface area contributed by atoms with Gasteiger partial charge in [-0.2, -0.15) is 0 Å². The van der Waals surface area contributed by atoms with Crippen LogP contribution in [0.1, 0.15) is 46.0 Å². The Morgan fingerprint density at radius 2 is 1.94 bits per heavy atom. The third-order valence-corrected chi connectivity index (χ3v) is 5.13. The van der Waals surface area contributed by atoms with Gasteiger partial charge in [-0.3, -0.25) is 0 Å². The maximum atomic E-state index is 3.76. The molecule has 2 bridgehead atoms. The van der Waals surface area contributed by atoms with Gasteiger partial charge in [0, 0.05) is 18.6 Å². The van der Waals surface area contributed by atoms with Gasteiger partial charge in [-0.1, -0.05) is 13.8 Å². The zero-order valence-corrected chi connectivity index (χ0v) is 10.8. The second kappa shape index (κ2) is 3.99. The van der Waals surface area contributed by atoms with Crippen molar-refractivity contribution >= 4 is 0 Å². The fraction of sp³-hybridized carbons (Fsp3) is 1.00. The van der Waals surface area contributed by atoms with Crippen molar-refractivity contribution in [1.29, 1.82) is 0 Å².